The third-order valence-electron chi connectivity index (χ3n) is 5.92. The molecule has 3 aromatic rings. The second-order valence-corrected chi connectivity index (χ2v) is 10.9. The zero-order chi connectivity index (χ0) is 25.8. The highest BCUT2D eigenvalue weighted by atomic mass is 79.9. The molecule has 0 saturated heterocycles. The van der Waals surface area contributed by atoms with Crippen LogP contribution in [0.25, 0.3) is 0 Å². The van der Waals surface area contributed by atoms with Gasteiger partial charge in [-0.2, -0.15) is 0 Å². The van der Waals surface area contributed by atoms with Gasteiger partial charge in [0.15, 0.2) is 0 Å². The fourth-order valence-electron chi connectivity index (χ4n) is 4.03. The Hall–Kier alpha value is -2.57. The van der Waals surface area contributed by atoms with Crippen LogP contribution in [0.1, 0.15) is 42.0 Å². The van der Waals surface area contributed by atoms with Crippen molar-refractivity contribution < 1.29 is 9.59 Å². The summed E-state index contributed by atoms with van der Waals surface area (Å²) in [4.78, 5) is 28.9. The molecular formula is C30H35BrN2O2S. The Labute approximate surface area is 228 Å². The van der Waals surface area contributed by atoms with Crippen molar-refractivity contribution in [1.29, 1.82) is 0 Å². The van der Waals surface area contributed by atoms with Gasteiger partial charge in [-0.25, -0.2) is 0 Å². The van der Waals surface area contributed by atoms with E-state index in [1.807, 2.05) is 60.7 Å². The van der Waals surface area contributed by atoms with Crippen molar-refractivity contribution in [1.82, 2.24) is 10.2 Å². The lowest BCUT2D eigenvalue weighted by molar-refractivity contribution is -0.139. The van der Waals surface area contributed by atoms with Crippen LogP contribution < -0.4 is 5.32 Å². The van der Waals surface area contributed by atoms with Crippen molar-refractivity contribution >= 4 is 39.5 Å². The molecule has 0 aliphatic heterocycles. The number of carbonyl (C=O) groups excluding carboxylic acids is 2. The van der Waals surface area contributed by atoms with Gasteiger partial charge in [0.2, 0.25) is 11.8 Å². The molecule has 0 heterocycles. The highest BCUT2D eigenvalue weighted by Gasteiger charge is 2.30. The molecule has 1 N–H and O–H groups in total. The van der Waals surface area contributed by atoms with E-state index < -0.39 is 6.04 Å². The summed E-state index contributed by atoms with van der Waals surface area (Å²) < 4.78 is 0.952. The summed E-state index contributed by atoms with van der Waals surface area (Å²) in [5.41, 5.74) is 4.43. The smallest absolute Gasteiger partial charge is 0.243 e. The predicted molar refractivity (Wildman–Crippen MR) is 154 cm³/mol. The molecular weight excluding hydrogens is 532 g/mol. The minimum atomic E-state index is -0.588. The summed E-state index contributed by atoms with van der Waals surface area (Å²) in [6, 6.07) is 25.6. The molecule has 0 unspecified atom stereocenters. The monoisotopic (exact) mass is 566 g/mol. The molecule has 0 fully saturated rings. The Morgan fingerprint density at radius 2 is 1.67 bits per heavy atom. The Morgan fingerprint density at radius 3 is 2.39 bits per heavy atom. The number of carbonyl (C=O) groups is 2. The third kappa shape index (κ3) is 9.14. The van der Waals surface area contributed by atoms with Crippen LogP contribution in [0.4, 0.5) is 0 Å². The van der Waals surface area contributed by atoms with E-state index in [9.17, 15) is 9.59 Å². The average molecular weight is 568 g/mol. The van der Waals surface area contributed by atoms with Gasteiger partial charge in [-0.3, -0.25) is 9.59 Å². The van der Waals surface area contributed by atoms with Crippen molar-refractivity contribution in [3.63, 3.8) is 0 Å². The largest absolute Gasteiger partial charge is 0.354 e. The molecule has 4 nitrogen and oxygen atoms in total. The third-order valence-corrected chi connectivity index (χ3v) is 7.40. The van der Waals surface area contributed by atoms with E-state index in [2.05, 4.69) is 53.3 Å². The minimum Gasteiger partial charge on any atom is -0.354 e. The van der Waals surface area contributed by atoms with Gasteiger partial charge in [-0.15, -0.1) is 11.8 Å². The molecule has 36 heavy (non-hydrogen) atoms. The van der Waals surface area contributed by atoms with Gasteiger partial charge in [-0.1, -0.05) is 102 Å². The van der Waals surface area contributed by atoms with E-state index in [1.165, 1.54) is 11.1 Å². The number of benzene rings is 3. The van der Waals surface area contributed by atoms with Gasteiger partial charge in [0.05, 0.1) is 5.75 Å². The van der Waals surface area contributed by atoms with Gasteiger partial charge >= 0.3 is 0 Å². The number of amides is 2. The molecule has 0 radical (unpaired) electrons. The molecule has 3 aromatic carbocycles. The van der Waals surface area contributed by atoms with E-state index in [0.717, 1.165) is 34.2 Å². The van der Waals surface area contributed by atoms with Crippen LogP contribution in [0.2, 0.25) is 0 Å². The lowest BCUT2D eigenvalue weighted by Crippen LogP contribution is -2.51. The van der Waals surface area contributed by atoms with Gasteiger partial charge in [0.1, 0.15) is 6.04 Å². The Bertz CT molecular complexity index is 1120. The first-order valence-electron chi connectivity index (χ1n) is 12.4. The Morgan fingerprint density at radius 1 is 0.944 bits per heavy atom. The van der Waals surface area contributed by atoms with E-state index in [0.29, 0.717) is 25.3 Å². The molecule has 1 atom stereocenters. The number of unbranched alkanes of at least 4 members (excludes halogenated alkanes) is 1. The number of aryl methyl sites for hydroxylation is 1. The minimum absolute atomic E-state index is 0.0285. The molecule has 0 aliphatic rings. The van der Waals surface area contributed by atoms with E-state index in [-0.39, 0.29) is 11.8 Å². The number of hydrogen-bond donors (Lipinski definition) is 1. The summed E-state index contributed by atoms with van der Waals surface area (Å²) in [5, 5.41) is 3.08. The van der Waals surface area contributed by atoms with Crippen LogP contribution in [0.3, 0.4) is 0 Å². The Balaban J connectivity index is 1.83. The summed E-state index contributed by atoms with van der Waals surface area (Å²) in [5.74, 6) is 0.943. The van der Waals surface area contributed by atoms with Crippen LogP contribution in [0.15, 0.2) is 83.3 Å². The molecule has 0 aliphatic carbocycles. The quantitative estimate of drug-likeness (QED) is 0.239. The lowest BCUT2D eigenvalue weighted by atomic mass is 10.0. The molecule has 190 valence electrons. The normalized spacial score (nSPS) is 11.6. The first kappa shape index (κ1) is 28.0. The second-order valence-electron chi connectivity index (χ2n) is 8.98. The van der Waals surface area contributed by atoms with Gasteiger partial charge in [0.25, 0.3) is 0 Å². The van der Waals surface area contributed by atoms with Crippen molar-refractivity contribution in [3.8, 4) is 0 Å². The van der Waals surface area contributed by atoms with Crippen LogP contribution in [-0.2, 0) is 28.3 Å². The topological polar surface area (TPSA) is 49.4 Å². The first-order chi connectivity index (χ1) is 17.5. The maximum Gasteiger partial charge on any atom is 0.243 e. The van der Waals surface area contributed by atoms with E-state index >= 15 is 0 Å². The van der Waals surface area contributed by atoms with Gasteiger partial charge < -0.3 is 10.2 Å². The number of rotatable bonds is 13. The molecule has 0 spiro atoms. The molecule has 6 heteroatoms. The molecule has 0 saturated carbocycles. The highest BCUT2D eigenvalue weighted by molar-refractivity contribution is 9.10. The number of hydrogen-bond acceptors (Lipinski definition) is 3. The van der Waals surface area contributed by atoms with Gasteiger partial charge in [0, 0.05) is 29.7 Å². The SMILES string of the molecule is CCCCNC(=O)[C@H](Cc1ccccc1)N(Cc1cccc(Br)c1)C(=O)CSCc1cccc(C)c1. The van der Waals surface area contributed by atoms with Crippen molar-refractivity contribution in [2.24, 2.45) is 0 Å². The Kier molecular flexibility index (Phi) is 11.6. The van der Waals surface area contributed by atoms with Crippen molar-refractivity contribution in [2.45, 2.75) is 51.4 Å². The maximum absolute atomic E-state index is 13.7. The number of thioether (sulfide) groups is 1. The van der Waals surface area contributed by atoms with Crippen LogP contribution in [-0.4, -0.2) is 35.1 Å². The number of halogens is 1. The summed E-state index contributed by atoms with van der Waals surface area (Å²) in [6.45, 7) is 5.16. The van der Waals surface area contributed by atoms with Crippen molar-refractivity contribution in [2.75, 3.05) is 12.3 Å². The number of nitrogens with zero attached hydrogens (tertiary/aromatic N) is 1. The predicted octanol–water partition coefficient (Wildman–Crippen LogP) is 6.55. The van der Waals surface area contributed by atoms with E-state index in [1.54, 1.807) is 16.7 Å². The molecule has 0 bridgehead atoms. The zero-order valence-electron chi connectivity index (χ0n) is 21.1. The fourth-order valence-corrected chi connectivity index (χ4v) is 5.34. The number of nitrogens with one attached hydrogen (secondary N) is 1. The van der Waals surface area contributed by atoms with Crippen LogP contribution >= 0.6 is 27.7 Å². The zero-order valence-corrected chi connectivity index (χ0v) is 23.5. The first-order valence-corrected chi connectivity index (χ1v) is 14.4. The summed E-state index contributed by atoms with van der Waals surface area (Å²) >= 11 is 5.13. The summed E-state index contributed by atoms with van der Waals surface area (Å²) in [7, 11) is 0. The fraction of sp³-hybridized carbons (Fsp3) is 0.333. The standard InChI is InChI=1S/C30H35BrN2O2S/c1-3-4-16-32-30(35)28(19-24-11-6-5-7-12-24)33(20-25-13-9-15-27(31)18-25)29(34)22-36-21-26-14-8-10-23(2)17-26/h5-15,17-18,28H,3-4,16,19-22H2,1-2H3,(H,32,35)/t28-/m0/s1. The maximum atomic E-state index is 13.7. The average Bonchev–Trinajstić information content (AvgIpc) is 2.87. The van der Waals surface area contributed by atoms with Crippen LogP contribution in [0, 0.1) is 6.92 Å². The molecule has 2 amide bonds. The second kappa shape index (κ2) is 14.9. The molecule has 3 rings (SSSR count). The van der Waals surface area contributed by atoms with Gasteiger partial charge in [-0.05, 0) is 42.2 Å². The summed E-state index contributed by atoms with van der Waals surface area (Å²) in [6.07, 6.45) is 2.39. The highest BCUT2D eigenvalue weighted by Crippen LogP contribution is 2.20. The lowest BCUT2D eigenvalue weighted by Gasteiger charge is -2.31. The van der Waals surface area contributed by atoms with Crippen molar-refractivity contribution in [3.05, 3.63) is 106 Å². The van der Waals surface area contributed by atoms with Crippen LogP contribution in [0.5, 0.6) is 0 Å². The molecule has 0 aromatic heterocycles. The van der Waals surface area contributed by atoms with E-state index in [4.69, 9.17) is 0 Å².